The van der Waals surface area contributed by atoms with Gasteiger partial charge in [-0.2, -0.15) is 0 Å². The topological polar surface area (TPSA) is 51.2 Å². The van der Waals surface area contributed by atoms with Crippen molar-refractivity contribution in [2.24, 2.45) is 0 Å². The number of hydrogen-bond donors (Lipinski definition) is 0. The molecule has 0 aromatic heterocycles. The normalized spacial score (nSPS) is 13.9. The van der Waals surface area contributed by atoms with Gasteiger partial charge in [0.15, 0.2) is 0 Å². The molecule has 0 N–H and O–H groups in total. The van der Waals surface area contributed by atoms with E-state index >= 15 is 0 Å². The summed E-state index contributed by atoms with van der Waals surface area (Å²) in [5.74, 6) is 2.47. The SMILES string of the molecule is CCOc1ccc(C(=O)N2CCN(c3ccccc3OC)CC2)cc1COc1ccccc1C(C)(C)C. The molecule has 1 aliphatic heterocycles. The van der Waals surface area contributed by atoms with E-state index in [1.807, 2.05) is 66.4 Å². The van der Waals surface area contributed by atoms with E-state index in [0.717, 1.165) is 47.2 Å². The van der Waals surface area contributed by atoms with Crippen LogP contribution in [0.4, 0.5) is 5.69 Å². The Morgan fingerprint density at radius 3 is 2.19 bits per heavy atom. The fourth-order valence-corrected chi connectivity index (χ4v) is 4.71. The maximum Gasteiger partial charge on any atom is 0.253 e. The lowest BCUT2D eigenvalue weighted by Gasteiger charge is -2.36. The van der Waals surface area contributed by atoms with E-state index in [4.69, 9.17) is 14.2 Å². The maximum atomic E-state index is 13.4. The Kier molecular flexibility index (Phi) is 8.27. The summed E-state index contributed by atoms with van der Waals surface area (Å²) < 4.78 is 17.7. The van der Waals surface area contributed by atoms with Crippen molar-refractivity contribution in [1.29, 1.82) is 0 Å². The highest BCUT2D eigenvalue weighted by molar-refractivity contribution is 5.94. The monoisotopic (exact) mass is 502 g/mol. The van der Waals surface area contributed by atoms with Crippen LogP contribution < -0.4 is 19.1 Å². The van der Waals surface area contributed by atoms with Crippen LogP contribution in [0.15, 0.2) is 66.7 Å². The molecule has 1 amide bonds. The van der Waals surface area contributed by atoms with Gasteiger partial charge in [0.05, 0.1) is 19.4 Å². The van der Waals surface area contributed by atoms with Crippen LogP contribution in [0.25, 0.3) is 0 Å². The Labute approximate surface area is 220 Å². The van der Waals surface area contributed by atoms with Gasteiger partial charge in [-0.05, 0) is 54.3 Å². The van der Waals surface area contributed by atoms with Crippen LogP contribution in [0.2, 0.25) is 0 Å². The highest BCUT2D eigenvalue weighted by atomic mass is 16.5. The molecule has 0 spiro atoms. The molecule has 0 bridgehead atoms. The summed E-state index contributed by atoms with van der Waals surface area (Å²) in [6.45, 7) is 12.2. The van der Waals surface area contributed by atoms with Crippen molar-refractivity contribution >= 4 is 11.6 Å². The zero-order valence-corrected chi connectivity index (χ0v) is 22.6. The summed E-state index contributed by atoms with van der Waals surface area (Å²) in [4.78, 5) is 17.6. The predicted octanol–water partition coefficient (Wildman–Crippen LogP) is 5.93. The molecule has 1 saturated heterocycles. The second-order valence-electron chi connectivity index (χ2n) is 10.2. The van der Waals surface area contributed by atoms with Gasteiger partial charge in [0.1, 0.15) is 23.9 Å². The Balaban J connectivity index is 1.48. The maximum absolute atomic E-state index is 13.4. The van der Waals surface area contributed by atoms with Gasteiger partial charge in [-0.1, -0.05) is 51.1 Å². The van der Waals surface area contributed by atoms with E-state index in [2.05, 4.69) is 37.8 Å². The van der Waals surface area contributed by atoms with Gasteiger partial charge in [-0.25, -0.2) is 0 Å². The Hall–Kier alpha value is -3.67. The van der Waals surface area contributed by atoms with Crippen molar-refractivity contribution in [1.82, 2.24) is 4.90 Å². The molecule has 1 aliphatic rings. The van der Waals surface area contributed by atoms with Crippen LogP contribution in [-0.4, -0.2) is 50.7 Å². The molecule has 3 aromatic rings. The van der Waals surface area contributed by atoms with Crippen LogP contribution in [0, 0.1) is 0 Å². The van der Waals surface area contributed by atoms with Crippen molar-refractivity contribution < 1.29 is 19.0 Å². The van der Waals surface area contributed by atoms with E-state index in [0.29, 0.717) is 31.9 Å². The summed E-state index contributed by atoms with van der Waals surface area (Å²) in [6, 6.07) is 21.8. The first-order valence-corrected chi connectivity index (χ1v) is 13.0. The molecule has 0 aliphatic carbocycles. The number of carbonyl (C=O) groups excluding carboxylic acids is 1. The van der Waals surface area contributed by atoms with Crippen molar-refractivity contribution in [2.75, 3.05) is 44.8 Å². The zero-order chi connectivity index (χ0) is 26.4. The average Bonchev–Trinajstić information content (AvgIpc) is 2.92. The number of benzene rings is 3. The minimum atomic E-state index is -0.0386. The third-order valence-corrected chi connectivity index (χ3v) is 6.68. The third kappa shape index (κ3) is 6.19. The minimum Gasteiger partial charge on any atom is -0.495 e. The van der Waals surface area contributed by atoms with Crippen LogP contribution in [-0.2, 0) is 12.0 Å². The van der Waals surface area contributed by atoms with E-state index in [1.165, 1.54) is 0 Å². The fourth-order valence-electron chi connectivity index (χ4n) is 4.71. The highest BCUT2D eigenvalue weighted by Gasteiger charge is 2.25. The fraction of sp³-hybridized carbons (Fsp3) is 0.387. The Bertz CT molecular complexity index is 1210. The van der Waals surface area contributed by atoms with Gasteiger partial charge in [-0.3, -0.25) is 4.79 Å². The van der Waals surface area contributed by atoms with Crippen LogP contribution in [0.5, 0.6) is 17.2 Å². The van der Waals surface area contributed by atoms with Crippen LogP contribution in [0.1, 0.15) is 49.2 Å². The van der Waals surface area contributed by atoms with E-state index < -0.39 is 0 Å². The second-order valence-corrected chi connectivity index (χ2v) is 10.2. The summed E-state index contributed by atoms with van der Waals surface area (Å²) >= 11 is 0. The van der Waals surface area contributed by atoms with Gasteiger partial charge in [0, 0.05) is 37.3 Å². The molecule has 37 heavy (non-hydrogen) atoms. The number of nitrogens with zero attached hydrogens (tertiary/aromatic N) is 2. The molecule has 0 radical (unpaired) electrons. The molecule has 196 valence electrons. The number of rotatable bonds is 8. The van der Waals surface area contributed by atoms with Crippen molar-refractivity contribution in [2.45, 2.75) is 39.7 Å². The lowest BCUT2D eigenvalue weighted by molar-refractivity contribution is 0.0746. The minimum absolute atomic E-state index is 0.0269. The molecule has 1 heterocycles. The molecule has 0 unspecified atom stereocenters. The summed E-state index contributed by atoms with van der Waals surface area (Å²) in [7, 11) is 1.69. The molecule has 3 aromatic carbocycles. The molecule has 0 saturated carbocycles. The second kappa shape index (κ2) is 11.6. The van der Waals surface area contributed by atoms with Gasteiger partial charge < -0.3 is 24.0 Å². The number of ether oxygens (including phenoxy) is 3. The van der Waals surface area contributed by atoms with Crippen molar-refractivity contribution in [3.8, 4) is 17.2 Å². The number of piperazine rings is 1. The number of para-hydroxylation sites is 3. The number of anilines is 1. The Morgan fingerprint density at radius 1 is 0.838 bits per heavy atom. The first kappa shape index (κ1) is 26.4. The first-order valence-electron chi connectivity index (χ1n) is 13.0. The Morgan fingerprint density at radius 2 is 1.51 bits per heavy atom. The molecule has 0 atom stereocenters. The van der Waals surface area contributed by atoms with Gasteiger partial charge in [-0.15, -0.1) is 0 Å². The van der Waals surface area contributed by atoms with E-state index in [9.17, 15) is 4.79 Å². The van der Waals surface area contributed by atoms with Gasteiger partial charge >= 0.3 is 0 Å². The standard InChI is InChI=1S/C31H38N2O4/c1-6-36-27-16-15-23(21-24(27)22-37-28-13-9-7-11-25(28)31(2,3)4)30(34)33-19-17-32(18-20-33)26-12-8-10-14-29(26)35-5/h7-16,21H,6,17-20,22H2,1-5H3. The lowest BCUT2D eigenvalue weighted by Crippen LogP contribution is -2.48. The lowest BCUT2D eigenvalue weighted by atomic mass is 9.86. The average molecular weight is 503 g/mol. The zero-order valence-electron chi connectivity index (χ0n) is 22.6. The smallest absolute Gasteiger partial charge is 0.253 e. The highest BCUT2D eigenvalue weighted by Crippen LogP contribution is 2.33. The largest absolute Gasteiger partial charge is 0.495 e. The number of methoxy groups -OCH3 is 1. The third-order valence-electron chi connectivity index (χ3n) is 6.68. The number of amides is 1. The summed E-state index contributed by atoms with van der Waals surface area (Å²) in [5, 5.41) is 0. The quantitative estimate of drug-likeness (QED) is 0.382. The molecule has 4 rings (SSSR count). The summed E-state index contributed by atoms with van der Waals surface area (Å²) in [5.41, 5.74) is 3.69. The molecule has 6 heteroatoms. The van der Waals surface area contributed by atoms with Crippen molar-refractivity contribution in [3.05, 3.63) is 83.4 Å². The number of carbonyl (C=O) groups is 1. The molecular weight excluding hydrogens is 464 g/mol. The summed E-state index contributed by atoms with van der Waals surface area (Å²) in [6.07, 6.45) is 0. The van der Waals surface area contributed by atoms with E-state index in [-0.39, 0.29) is 11.3 Å². The van der Waals surface area contributed by atoms with Crippen LogP contribution >= 0.6 is 0 Å². The molecular formula is C31H38N2O4. The van der Waals surface area contributed by atoms with E-state index in [1.54, 1.807) is 7.11 Å². The molecule has 6 nitrogen and oxygen atoms in total. The van der Waals surface area contributed by atoms with Crippen molar-refractivity contribution in [3.63, 3.8) is 0 Å². The predicted molar refractivity (Wildman–Crippen MR) is 148 cm³/mol. The van der Waals surface area contributed by atoms with Gasteiger partial charge in [0.25, 0.3) is 5.91 Å². The van der Waals surface area contributed by atoms with Crippen LogP contribution in [0.3, 0.4) is 0 Å². The first-order chi connectivity index (χ1) is 17.8. The molecule has 1 fully saturated rings. The number of hydrogen-bond acceptors (Lipinski definition) is 5. The van der Waals surface area contributed by atoms with Gasteiger partial charge in [0.2, 0.25) is 0 Å².